The second-order valence-electron chi connectivity index (χ2n) is 3.76. The third-order valence-electron chi connectivity index (χ3n) is 2.48. The molecule has 0 aliphatic heterocycles. The molecular weight excluding hydrogens is 255 g/mol. The second kappa shape index (κ2) is 5.04. The number of aromatic nitrogens is 1. The van der Waals surface area contributed by atoms with Gasteiger partial charge < -0.3 is 0 Å². The van der Waals surface area contributed by atoms with Crippen molar-refractivity contribution >= 4 is 17.4 Å². The molecule has 6 heteroatoms. The number of ketones is 1. The molecule has 17 heavy (non-hydrogen) atoms. The molecule has 1 heterocycles. The Kier molecular flexibility index (Phi) is 4.14. The van der Waals surface area contributed by atoms with Gasteiger partial charge in [-0.2, -0.15) is 8.78 Å². The number of alkyl halides is 3. The number of halogens is 4. The maximum atomic E-state index is 13.0. The number of rotatable bonds is 4. The largest absolute Gasteiger partial charge is 0.302 e. The van der Waals surface area contributed by atoms with Gasteiger partial charge in [0.15, 0.2) is 6.67 Å². The van der Waals surface area contributed by atoms with Gasteiger partial charge >= 0.3 is 5.92 Å². The van der Waals surface area contributed by atoms with Gasteiger partial charge in [-0.25, -0.2) is 4.39 Å². The van der Waals surface area contributed by atoms with E-state index in [1.54, 1.807) is 6.92 Å². The first-order valence-electron chi connectivity index (χ1n) is 4.89. The highest BCUT2D eigenvalue weighted by molar-refractivity contribution is 6.31. The number of hydrogen-bond acceptors (Lipinski definition) is 2. The first-order valence-corrected chi connectivity index (χ1v) is 5.27. The molecule has 1 unspecified atom stereocenters. The molecule has 1 aromatic heterocycles. The van der Waals surface area contributed by atoms with Crippen molar-refractivity contribution in [2.24, 2.45) is 0 Å². The molecule has 1 aromatic rings. The van der Waals surface area contributed by atoms with Crippen LogP contribution in [0.5, 0.6) is 0 Å². The number of carbonyl (C=O) groups excluding carboxylic acids is 1. The molecule has 0 fully saturated rings. The summed E-state index contributed by atoms with van der Waals surface area (Å²) in [5.74, 6) is -4.35. The van der Waals surface area contributed by atoms with E-state index in [1.807, 2.05) is 0 Å². The van der Waals surface area contributed by atoms with E-state index in [4.69, 9.17) is 11.6 Å². The molecule has 0 N–H and O–H groups in total. The van der Waals surface area contributed by atoms with E-state index in [0.717, 1.165) is 12.3 Å². The molecule has 0 spiro atoms. The van der Waals surface area contributed by atoms with Crippen LogP contribution >= 0.6 is 11.6 Å². The van der Waals surface area contributed by atoms with Crippen molar-refractivity contribution in [1.29, 1.82) is 0 Å². The average Bonchev–Trinajstić information content (AvgIpc) is 2.27. The van der Waals surface area contributed by atoms with Crippen LogP contribution in [0.4, 0.5) is 13.2 Å². The van der Waals surface area contributed by atoms with Crippen molar-refractivity contribution in [3.63, 3.8) is 0 Å². The molecule has 1 atom stereocenters. The fourth-order valence-electron chi connectivity index (χ4n) is 1.24. The Balaban J connectivity index is 3.15. The Bertz CT molecular complexity index is 437. The lowest BCUT2D eigenvalue weighted by Gasteiger charge is -2.15. The normalized spacial score (nSPS) is 13.5. The smallest absolute Gasteiger partial charge is 0.299 e. The van der Waals surface area contributed by atoms with Gasteiger partial charge in [0.25, 0.3) is 0 Å². The summed E-state index contributed by atoms with van der Waals surface area (Å²) in [6.07, 6.45) is 0.847. The molecule has 1 rings (SSSR count). The van der Waals surface area contributed by atoms with Gasteiger partial charge in [-0.15, -0.1) is 0 Å². The van der Waals surface area contributed by atoms with Crippen LogP contribution in [0.2, 0.25) is 5.02 Å². The van der Waals surface area contributed by atoms with Crippen molar-refractivity contribution in [2.45, 2.75) is 25.7 Å². The molecule has 0 radical (unpaired) electrons. The topological polar surface area (TPSA) is 30.0 Å². The van der Waals surface area contributed by atoms with Crippen molar-refractivity contribution in [2.75, 3.05) is 6.67 Å². The molecule has 94 valence electrons. The molecule has 0 aliphatic carbocycles. The van der Waals surface area contributed by atoms with Gasteiger partial charge in [0.2, 0.25) is 0 Å². The summed E-state index contributed by atoms with van der Waals surface area (Å²) in [5, 5.41) is -0.0571. The SMILES string of the molecule is CC(=O)C(C)c1ncc(C(F)(F)CF)cc1Cl. The van der Waals surface area contributed by atoms with Crippen LogP contribution < -0.4 is 0 Å². The quantitative estimate of drug-likeness (QED) is 0.834. The zero-order valence-electron chi connectivity index (χ0n) is 9.31. The first kappa shape index (κ1) is 14.0. The minimum Gasteiger partial charge on any atom is -0.299 e. The molecule has 2 nitrogen and oxygen atoms in total. The predicted molar refractivity (Wildman–Crippen MR) is 58.2 cm³/mol. The fourth-order valence-corrected chi connectivity index (χ4v) is 1.57. The number of pyridine rings is 1. The van der Waals surface area contributed by atoms with Crippen LogP contribution in [0.1, 0.15) is 31.0 Å². The number of carbonyl (C=O) groups is 1. The second-order valence-corrected chi connectivity index (χ2v) is 4.17. The van der Waals surface area contributed by atoms with Gasteiger partial charge in [0.05, 0.1) is 16.6 Å². The van der Waals surface area contributed by atoms with Gasteiger partial charge in [-0.3, -0.25) is 9.78 Å². The highest BCUT2D eigenvalue weighted by atomic mass is 35.5. The highest BCUT2D eigenvalue weighted by Crippen LogP contribution is 2.32. The van der Waals surface area contributed by atoms with E-state index in [1.165, 1.54) is 6.92 Å². The van der Waals surface area contributed by atoms with Crippen LogP contribution in [0, 0.1) is 0 Å². The molecule has 0 saturated heterocycles. The fraction of sp³-hybridized carbons (Fsp3) is 0.455. The molecule has 0 saturated carbocycles. The van der Waals surface area contributed by atoms with E-state index in [2.05, 4.69) is 4.98 Å². The van der Waals surface area contributed by atoms with E-state index >= 15 is 0 Å². The first-order chi connectivity index (χ1) is 7.79. The Labute approximate surface area is 102 Å². The van der Waals surface area contributed by atoms with Crippen LogP contribution in [-0.2, 0) is 10.7 Å². The Morgan fingerprint density at radius 2 is 2.18 bits per heavy atom. The molecular formula is C11H11ClF3NO. The monoisotopic (exact) mass is 265 g/mol. The van der Waals surface area contributed by atoms with Crippen molar-refractivity contribution in [1.82, 2.24) is 4.98 Å². The lowest BCUT2D eigenvalue weighted by molar-refractivity contribution is -0.118. The number of nitrogens with zero attached hydrogens (tertiary/aromatic N) is 1. The zero-order chi connectivity index (χ0) is 13.2. The van der Waals surface area contributed by atoms with Crippen LogP contribution in [-0.4, -0.2) is 17.4 Å². The van der Waals surface area contributed by atoms with E-state index < -0.39 is 24.1 Å². The van der Waals surface area contributed by atoms with E-state index in [0.29, 0.717) is 0 Å². The van der Waals surface area contributed by atoms with E-state index in [-0.39, 0.29) is 16.5 Å². The Hall–Kier alpha value is -1.10. The summed E-state index contributed by atoms with van der Waals surface area (Å²) in [4.78, 5) is 14.8. The van der Waals surface area contributed by atoms with Crippen LogP contribution in [0.15, 0.2) is 12.3 Å². The summed E-state index contributed by atoms with van der Waals surface area (Å²) < 4.78 is 38.1. The minimum atomic E-state index is -3.60. The third-order valence-corrected chi connectivity index (χ3v) is 2.78. The lowest BCUT2D eigenvalue weighted by Crippen LogP contribution is -2.17. The third kappa shape index (κ3) is 2.97. The zero-order valence-corrected chi connectivity index (χ0v) is 10.1. The van der Waals surface area contributed by atoms with Crippen molar-refractivity contribution in [3.8, 4) is 0 Å². The summed E-state index contributed by atoms with van der Waals surface area (Å²) in [5.41, 5.74) is -0.373. The summed E-state index contributed by atoms with van der Waals surface area (Å²) in [6, 6.07) is 0.947. The van der Waals surface area contributed by atoms with Crippen LogP contribution in [0.25, 0.3) is 0 Å². The van der Waals surface area contributed by atoms with Gasteiger partial charge in [0.1, 0.15) is 5.78 Å². The number of hydrogen-bond donors (Lipinski definition) is 0. The van der Waals surface area contributed by atoms with Gasteiger partial charge in [-0.1, -0.05) is 11.6 Å². The lowest BCUT2D eigenvalue weighted by atomic mass is 10.0. The maximum absolute atomic E-state index is 13.0. The van der Waals surface area contributed by atoms with Gasteiger partial charge in [-0.05, 0) is 19.9 Å². The molecule has 0 aromatic carbocycles. The van der Waals surface area contributed by atoms with Crippen LogP contribution in [0.3, 0.4) is 0 Å². The molecule has 0 aliphatic rings. The minimum absolute atomic E-state index is 0.0571. The van der Waals surface area contributed by atoms with E-state index in [9.17, 15) is 18.0 Å². The Morgan fingerprint density at radius 1 is 1.59 bits per heavy atom. The average molecular weight is 266 g/mol. The van der Waals surface area contributed by atoms with Crippen molar-refractivity contribution in [3.05, 3.63) is 28.5 Å². The maximum Gasteiger partial charge on any atom is 0.302 e. The van der Waals surface area contributed by atoms with Crippen molar-refractivity contribution < 1.29 is 18.0 Å². The summed E-state index contributed by atoms with van der Waals surface area (Å²) in [7, 11) is 0. The Morgan fingerprint density at radius 3 is 2.59 bits per heavy atom. The molecule has 0 bridgehead atoms. The summed E-state index contributed by atoms with van der Waals surface area (Å²) >= 11 is 5.76. The summed E-state index contributed by atoms with van der Waals surface area (Å²) in [6.45, 7) is 1.11. The van der Waals surface area contributed by atoms with Gasteiger partial charge in [0, 0.05) is 11.8 Å². The highest BCUT2D eigenvalue weighted by Gasteiger charge is 2.33. The molecule has 0 amide bonds. The predicted octanol–water partition coefficient (Wildman–Crippen LogP) is 3.49. The number of Topliss-reactive ketones (excluding diaryl/α,β-unsaturated/α-hetero) is 1. The standard InChI is InChI=1S/C11H11ClF3NO/c1-6(7(2)17)10-9(12)3-8(4-16-10)11(14,15)5-13/h3-4,6H,5H2,1-2H3.